The molecule has 0 saturated carbocycles. The molecule has 0 spiro atoms. The van der Waals surface area contributed by atoms with Crippen LogP contribution in [0.15, 0.2) is 57.8 Å². The Hall–Kier alpha value is -3.75. The van der Waals surface area contributed by atoms with Gasteiger partial charge < -0.3 is 5.32 Å². The topological polar surface area (TPSA) is 120 Å². The number of aromatic nitrogens is 2. The molecule has 0 saturated heterocycles. The predicted octanol–water partition coefficient (Wildman–Crippen LogP) is 2.36. The molecule has 0 radical (unpaired) electrons. The molecular formula is C17H14N4O5. The molecule has 0 fully saturated rings. The number of nitro groups is 1. The minimum absolute atomic E-state index is 0.0458. The van der Waals surface area contributed by atoms with Gasteiger partial charge in [-0.25, -0.2) is 9.36 Å². The van der Waals surface area contributed by atoms with E-state index in [1.54, 1.807) is 18.2 Å². The van der Waals surface area contributed by atoms with Crippen LogP contribution in [0, 0.1) is 17.0 Å². The number of rotatable bonds is 5. The van der Waals surface area contributed by atoms with Gasteiger partial charge in [-0.15, -0.1) is 0 Å². The Kier molecular flexibility index (Phi) is 4.61. The van der Waals surface area contributed by atoms with E-state index in [1.165, 1.54) is 18.2 Å². The van der Waals surface area contributed by atoms with Crippen LogP contribution in [0.3, 0.4) is 0 Å². The van der Waals surface area contributed by atoms with Gasteiger partial charge >= 0.3 is 5.76 Å². The first-order valence-electron chi connectivity index (χ1n) is 7.63. The van der Waals surface area contributed by atoms with Crippen LogP contribution in [0.2, 0.25) is 0 Å². The number of hydrogen-bond donors (Lipinski definition) is 1. The van der Waals surface area contributed by atoms with Gasteiger partial charge in [-0.05, 0) is 18.6 Å². The number of nitrogens with zero attached hydrogens (tertiary/aromatic N) is 3. The van der Waals surface area contributed by atoms with E-state index in [4.69, 9.17) is 0 Å². The van der Waals surface area contributed by atoms with Crippen molar-refractivity contribution in [2.75, 3.05) is 5.32 Å². The third kappa shape index (κ3) is 3.36. The van der Waals surface area contributed by atoms with Gasteiger partial charge in [0.2, 0.25) is 5.91 Å². The Morgan fingerprint density at radius 3 is 2.65 bits per heavy atom. The van der Waals surface area contributed by atoms with E-state index >= 15 is 0 Å². The SMILES string of the molecule is Cc1ccccc1-c1noc(=O)n1CC(=O)Nc1ccccc1[N+](=O)[O-]. The van der Waals surface area contributed by atoms with Gasteiger partial charge in [-0.3, -0.25) is 19.4 Å². The van der Waals surface area contributed by atoms with E-state index in [1.807, 2.05) is 19.1 Å². The van der Waals surface area contributed by atoms with Gasteiger partial charge in [0.25, 0.3) is 5.69 Å². The van der Waals surface area contributed by atoms with E-state index < -0.39 is 23.1 Å². The van der Waals surface area contributed by atoms with Crippen LogP contribution >= 0.6 is 0 Å². The quantitative estimate of drug-likeness (QED) is 0.555. The van der Waals surface area contributed by atoms with Crippen LogP contribution in [-0.2, 0) is 11.3 Å². The van der Waals surface area contributed by atoms with E-state index in [-0.39, 0.29) is 17.2 Å². The Labute approximate surface area is 147 Å². The summed E-state index contributed by atoms with van der Waals surface area (Å²) in [6.45, 7) is 1.45. The van der Waals surface area contributed by atoms with Crippen LogP contribution in [-0.4, -0.2) is 20.6 Å². The average Bonchev–Trinajstić information content (AvgIpc) is 2.96. The summed E-state index contributed by atoms with van der Waals surface area (Å²) in [7, 11) is 0. The summed E-state index contributed by atoms with van der Waals surface area (Å²) in [6, 6.07) is 13.0. The molecule has 0 unspecified atom stereocenters. The summed E-state index contributed by atoms with van der Waals surface area (Å²) in [5, 5.41) is 17.2. The second-order valence-corrected chi connectivity index (χ2v) is 5.50. The van der Waals surface area contributed by atoms with Crippen LogP contribution in [0.1, 0.15) is 5.56 Å². The maximum atomic E-state index is 12.3. The van der Waals surface area contributed by atoms with Crippen molar-refractivity contribution in [2.24, 2.45) is 0 Å². The molecule has 0 aliphatic heterocycles. The number of carbonyl (C=O) groups excluding carboxylic acids is 1. The molecule has 132 valence electrons. The number of nitrogens with one attached hydrogen (secondary N) is 1. The Bertz CT molecular complexity index is 1040. The number of anilines is 1. The molecule has 9 nitrogen and oxygen atoms in total. The lowest BCUT2D eigenvalue weighted by molar-refractivity contribution is -0.383. The summed E-state index contributed by atoms with van der Waals surface area (Å²) in [5.74, 6) is -1.19. The van der Waals surface area contributed by atoms with Crippen LogP contribution < -0.4 is 11.1 Å². The zero-order chi connectivity index (χ0) is 18.7. The highest BCUT2D eigenvalue weighted by molar-refractivity contribution is 5.93. The zero-order valence-corrected chi connectivity index (χ0v) is 13.7. The molecule has 3 aromatic rings. The lowest BCUT2D eigenvalue weighted by atomic mass is 10.1. The fourth-order valence-electron chi connectivity index (χ4n) is 2.50. The van der Waals surface area contributed by atoms with Crippen molar-refractivity contribution < 1.29 is 14.2 Å². The molecule has 26 heavy (non-hydrogen) atoms. The average molecular weight is 354 g/mol. The number of amides is 1. The smallest absolute Gasteiger partial charge is 0.319 e. The summed E-state index contributed by atoms with van der Waals surface area (Å²) in [6.07, 6.45) is 0. The van der Waals surface area contributed by atoms with Gasteiger partial charge in [0.15, 0.2) is 5.82 Å². The summed E-state index contributed by atoms with van der Waals surface area (Å²) in [4.78, 5) is 34.7. The standard InChI is InChI=1S/C17H14N4O5/c1-11-6-2-3-7-12(11)16-19-26-17(23)20(16)10-15(22)18-13-8-4-5-9-14(13)21(24)25/h2-9H,10H2,1H3,(H,18,22). The third-order valence-corrected chi connectivity index (χ3v) is 3.75. The molecule has 2 aromatic carbocycles. The molecule has 1 heterocycles. The minimum Gasteiger partial charge on any atom is -0.319 e. The van der Waals surface area contributed by atoms with Crippen molar-refractivity contribution in [3.8, 4) is 11.4 Å². The Morgan fingerprint density at radius 1 is 1.23 bits per heavy atom. The number of hydrogen-bond acceptors (Lipinski definition) is 6. The van der Waals surface area contributed by atoms with Crippen LogP contribution in [0.25, 0.3) is 11.4 Å². The van der Waals surface area contributed by atoms with Crippen molar-refractivity contribution in [1.29, 1.82) is 0 Å². The normalized spacial score (nSPS) is 10.5. The molecule has 0 aliphatic rings. The first kappa shape index (κ1) is 17.1. The van der Waals surface area contributed by atoms with Crippen molar-refractivity contribution in [3.63, 3.8) is 0 Å². The Morgan fingerprint density at radius 2 is 1.92 bits per heavy atom. The molecular weight excluding hydrogens is 340 g/mol. The highest BCUT2D eigenvalue weighted by Crippen LogP contribution is 2.24. The number of benzene rings is 2. The van der Waals surface area contributed by atoms with E-state index in [0.29, 0.717) is 5.56 Å². The van der Waals surface area contributed by atoms with Gasteiger partial charge in [-0.1, -0.05) is 41.6 Å². The zero-order valence-electron chi connectivity index (χ0n) is 13.7. The lowest BCUT2D eigenvalue weighted by Gasteiger charge is -2.08. The number of carbonyl (C=O) groups is 1. The van der Waals surface area contributed by atoms with Crippen molar-refractivity contribution in [1.82, 2.24) is 9.72 Å². The monoisotopic (exact) mass is 354 g/mol. The molecule has 0 bridgehead atoms. The van der Waals surface area contributed by atoms with E-state index in [2.05, 4.69) is 15.0 Å². The van der Waals surface area contributed by atoms with Gasteiger partial charge in [-0.2, -0.15) is 0 Å². The maximum absolute atomic E-state index is 12.3. The lowest BCUT2D eigenvalue weighted by Crippen LogP contribution is -2.26. The van der Waals surface area contributed by atoms with E-state index in [9.17, 15) is 19.7 Å². The Balaban J connectivity index is 1.88. The highest BCUT2D eigenvalue weighted by atomic mass is 16.6. The number of para-hydroxylation sites is 2. The fourth-order valence-corrected chi connectivity index (χ4v) is 2.50. The second-order valence-electron chi connectivity index (χ2n) is 5.50. The third-order valence-electron chi connectivity index (χ3n) is 3.75. The molecule has 1 N–H and O–H groups in total. The minimum atomic E-state index is -0.791. The van der Waals surface area contributed by atoms with Gasteiger partial charge in [0.05, 0.1) is 4.92 Å². The van der Waals surface area contributed by atoms with Gasteiger partial charge in [0, 0.05) is 11.6 Å². The summed E-state index contributed by atoms with van der Waals surface area (Å²) in [5.41, 5.74) is 1.31. The predicted molar refractivity (Wildman–Crippen MR) is 92.7 cm³/mol. The molecule has 1 aromatic heterocycles. The van der Waals surface area contributed by atoms with Crippen molar-refractivity contribution >= 4 is 17.3 Å². The molecule has 0 aliphatic carbocycles. The molecule has 1 amide bonds. The highest BCUT2D eigenvalue weighted by Gasteiger charge is 2.19. The fraction of sp³-hybridized carbons (Fsp3) is 0.118. The largest absolute Gasteiger partial charge is 0.442 e. The van der Waals surface area contributed by atoms with Crippen molar-refractivity contribution in [3.05, 3.63) is 74.8 Å². The summed E-state index contributed by atoms with van der Waals surface area (Å²) >= 11 is 0. The summed E-state index contributed by atoms with van der Waals surface area (Å²) < 4.78 is 5.76. The van der Waals surface area contributed by atoms with Crippen LogP contribution in [0.4, 0.5) is 11.4 Å². The van der Waals surface area contributed by atoms with E-state index in [0.717, 1.165) is 10.1 Å². The number of aryl methyl sites for hydroxylation is 1. The molecule has 3 rings (SSSR count). The van der Waals surface area contributed by atoms with Gasteiger partial charge in [0.1, 0.15) is 12.2 Å². The molecule has 0 atom stereocenters. The first-order chi connectivity index (χ1) is 12.5. The molecule has 9 heteroatoms. The first-order valence-corrected chi connectivity index (χ1v) is 7.63. The van der Waals surface area contributed by atoms with Crippen LogP contribution in [0.5, 0.6) is 0 Å². The second kappa shape index (κ2) is 7.01. The number of nitro benzene ring substituents is 1. The maximum Gasteiger partial charge on any atom is 0.442 e. The van der Waals surface area contributed by atoms with Crippen molar-refractivity contribution in [2.45, 2.75) is 13.5 Å².